The van der Waals surface area contributed by atoms with Gasteiger partial charge in [-0.3, -0.25) is 10.1 Å². The van der Waals surface area contributed by atoms with Crippen LogP contribution in [-0.2, 0) is 16.1 Å². The number of ether oxygens (including phenoxy) is 1. The molecule has 0 saturated heterocycles. The van der Waals surface area contributed by atoms with Crippen LogP contribution in [0.4, 0.5) is 0 Å². The van der Waals surface area contributed by atoms with E-state index >= 15 is 0 Å². The van der Waals surface area contributed by atoms with E-state index in [9.17, 15) is 4.79 Å². The maximum atomic E-state index is 12.5. The van der Waals surface area contributed by atoms with Crippen LogP contribution in [-0.4, -0.2) is 18.1 Å². The number of hydrogen-bond donors (Lipinski definition) is 1. The quantitative estimate of drug-likeness (QED) is 0.840. The first kappa shape index (κ1) is 16.0. The molecule has 0 bridgehead atoms. The first-order valence-corrected chi connectivity index (χ1v) is 7.94. The molecular weight excluding hydrogens is 262 g/mol. The van der Waals surface area contributed by atoms with Gasteiger partial charge in [0, 0.05) is 6.54 Å². The average Bonchev–Trinajstić information content (AvgIpc) is 2.48. The van der Waals surface area contributed by atoms with Crippen molar-refractivity contribution in [2.45, 2.75) is 58.5 Å². The van der Waals surface area contributed by atoms with Crippen molar-refractivity contribution in [3.05, 3.63) is 35.9 Å². The first-order chi connectivity index (χ1) is 9.97. The zero-order valence-electron chi connectivity index (χ0n) is 13.4. The Morgan fingerprint density at radius 2 is 1.76 bits per heavy atom. The molecule has 0 spiro atoms. The molecule has 0 atom stereocenters. The Bertz CT molecular complexity index is 457. The minimum absolute atomic E-state index is 0.0866. The Balaban J connectivity index is 2.08. The lowest BCUT2D eigenvalue weighted by molar-refractivity contribution is -0.154. The van der Waals surface area contributed by atoms with E-state index < -0.39 is 5.54 Å². The summed E-state index contributed by atoms with van der Waals surface area (Å²) >= 11 is 0. The Morgan fingerprint density at radius 1 is 1.14 bits per heavy atom. The van der Waals surface area contributed by atoms with Crippen LogP contribution in [0.5, 0.6) is 0 Å². The van der Waals surface area contributed by atoms with Crippen molar-refractivity contribution in [1.29, 1.82) is 0 Å². The highest BCUT2D eigenvalue weighted by atomic mass is 16.5. The van der Waals surface area contributed by atoms with E-state index in [2.05, 4.69) is 31.3 Å². The Morgan fingerprint density at radius 3 is 2.33 bits per heavy atom. The Hall–Kier alpha value is -1.35. The summed E-state index contributed by atoms with van der Waals surface area (Å²) in [4.78, 5) is 12.5. The van der Waals surface area contributed by atoms with Crippen LogP contribution in [0.25, 0.3) is 0 Å². The van der Waals surface area contributed by atoms with Crippen molar-refractivity contribution >= 4 is 5.97 Å². The van der Waals surface area contributed by atoms with E-state index in [1.54, 1.807) is 0 Å². The second kappa shape index (κ2) is 6.61. The molecule has 0 aromatic heterocycles. The van der Waals surface area contributed by atoms with Gasteiger partial charge in [-0.25, -0.2) is 0 Å². The van der Waals surface area contributed by atoms with Crippen LogP contribution in [0, 0.1) is 5.41 Å². The summed E-state index contributed by atoms with van der Waals surface area (Å²) in [5.41, 5.74) is 1.01. The van der Waals surface area contributed by atoms with Gasteiger partial charge in [0.2, 0.25) is 0 Å². The topological polar surface area (TPSA) is 38.3 Å². The monoisotopic (exact) mass is 289 g/mol. The van der Waals surface area contributed by atoms with E-state index in [0.717, 1.165) is 25.7 Å². The van der Waals surface area contributed by atoms with E-state index in [-0.39, 0.29) is 5.97 Å². The van der Waals surface area contributed by atoms with Crippen LogP contribution in [0.1, 0.15) is 52.0 Å². The maximum Gasteiger partial charge on any atom is 0.326 e. The standard InChI is InChI=1S/C18H27NO2/c1-4-21-16(20)18(12-10-17(2,3)11-13-18)19-14-15-8-6-5-7-9-15/h5-9,19H,4,10-14H2,1-3H3. The normalized spacial score (nSPS) is 20.0. The molecular formula is C18H27NO2. The molecule has 1 saturated carbocycles. The van der Waals surface area contributed by atoms with Crippen molar-refractivity contribution in [2.75, 3.05) is 6.61 Å². The predicted octanol–water partition coefficient (Wildman–Crippen LogP) is 3.68. The summed E-state index contributed by atoms with van der Waals surface area (Å²) in [5, 5.41) is 3.50. The summed E-state index contributed by atoms with van der Waals surface area (Å²) < 4.78 is 5.34. The maximum absolute atomic E-state index is 12.5. The van der Waals surface area contributed by atoms with Crippen LogP contribution in [0.15, 0.2) is 30.3 Å². The van der Waals surface area contributed by atoms with Crippen molar-refractivity contribution in [2.24, 2.45) is 5.41 Å². The number of carbonyl (C=O) groups is 1. The van der Waals surface area contributed by atoms with E-state index in [4.69, 9.17) is 4.74 Å². The predicted molar refractivity (Wildman–Crippen MR) is 84.9 cm³/mol. The molecule has 3 heteroatoms. The van der Waals surface area contributed by atoms with Crippen LogP contribution in [0.3, 0.4) is 0 Å². The van der Waals surface area contributed by atoms with Crippen LogP contribution in [0.2, 0.25) is 0 Å². The third kappa shape index (κ3) is 4.07. The number of carbonyl (C=O) groups excluding carboxylic acids is 1. The molecule has 0 unspecified atom stereocenters. The summed E-state index contributed by atoms with van der Waals surface area (Å²) in [6.45, 7) is 7.57. The second-order valence-corrected chi connectivity index (χ2v) is 6.81. The minimum Gasteiger partial charge on any atom is -0.465 e. The molecule has 0 aliphatic heterocycles. The molecule has 0 heterocycles. The smallest absolute Gasteiger partial charge is 0.326 e. The van der Waals surface area contributed by atoms with Gasteiger partial charge in [0.15, 0.2) is 0 Å². The van der Waals surface area contributed by atoms with Gasteiger partial charge in [0.05, 0.1) is 6.61 Å². The number of nitrogens with one attached hydrogen (secondary N) is 1. The highest BCUT2D eigenvalue weighted by molar-refractivity contribution is 5.81. The lowest BCUT2D eigenvalue weighted by atomic mass is 9.69. The molecule has 21 heavy (non-hydrogen) atoms. The highest BCUT2D eigenvalue weighted by Gasteiger charge is 2.44. The Kier molecular flexibility index (Phi) is 5.04. The van der Waals surface area contributed by atoms with Gasteiger partial charge in [-0.15, -0.1) is 0 Å². The number of esters is 1. The number of hydrogen-bond acceptors (Lipinski definition) is 3. The largest absolute Gasteiger partial charge is 0.465 e. The molecule has 1 aliphatic rings. The fourth-order valence-corrected chi connectivity index (χ4v) is 2.94. The zero-order chi connectivity index (χ0) is 15.3. The summed E-state index contributed by atoms with van der Waals surface area (Å²) in [6, 6.07) is 10.2. The second-order valence-electron chi connectivity index (χ2n) is 6.81. The summed E-state index contributed by atoms with van der Waals surface area (Å²) in [6.07, 6.45) is 3.80. The van der Waals surface area contributed by atoms with Gasteiger partial charge >= 0.3 is 5.97 Å². The molecule has 0 radical (unpaired) electrons. The Labute approximate surface area is 128 Å². The molecule has 2 rings (SSSR count). The fourth-order valence-electron chi connectivity index (χ4n) is 2.94. The molecule has 1 fully saturated rings. The average molecular weight is 289 g/mol. The third-order valence-electron chi connectivity index (χ3n) is 4.60. The number of benzene rings is 1. The van der Waals surface area contributed by atoms with Crippen molar-refractivity contribution in [3.63, 3.8) is 0 Å². The molecule has 1 N–H and O–H groups in total. The molecule has 1 aromatic rings. The van der Waals surface area contributed by atoms with Gasteiger partial charge in [-0.2, -0.15) is 0 Å². The van der Waals surface area contributed by atoms with Gasteiger partial charge in [-0.1, -0.05) is 44.2 Å². The van der Waals surface area contributed by atoms with Crippen LogP contribution < -0.4 is 5.32 Å². The van der Waals surface area contributed by atoms with Gasteiger partial charge < -0.3 is 4.74 Å². The molecule has 3 nitrogen and oxygen atoms in total. The lowest BCUT2D eigenvalue weighted by Crippen LogP contribution is -2.55. The lowest BCUT2D eigenvalue weighted by Gasteiger charge is -2.42. The van der Waals surface area contributed by atoms with E-state index in [1.165, 1.54) is 5.56 Å². The molecule has 116 valence electrons. The van der Waals surface area contributed by atoms with Crippen molar-refractivity contribution in [1.82, 2.24) is 5.32 Å². The summed E-state index contributed by atoms with van der Waals surface area (Å²) in [5.74, 6) is -0.0866. The van der Waals surface area contributed by atoms with Crippen molar-refractivity contribution in [3.8, 4) is 0 Å². The summed E-state index contributed by atoms with van der Waals surface area (Å²) in [7, 11) is 0. The number of rotatable bonds is 5. The van der Waals surface area contributed by atoms with Gasteiger partial charge in [0.25, 0.3) is 0 Å². The zero-order valence-corrected chi connectivity index (χ0v) is 13.4. The van der Waals surface area contributed by atoms with E-state index in [1.807, 2.05) is 25.1 Å². The van der Waals surface area contributed by atoms with Gasteiger partial charge in [-0.05, 0) is 43.6 Å². The molecule has 1 aliphatic carbocycles. The minimum atomic E-state index is -0.513. The highest BCUT2D eigenvalue weighted by Crippen LogP contribution is 2.40. The van der Waals surface area contributed by atoms with Crippen LogP contribution >= 0.6 is 0 Å². The van der Waals surface area contributed by atoms with Gasteiger partial charge in [0.1, 0.15) is 5.54 Å². The van der Waals surface area contributed by atoms with Crippen molar-refractivity contribution < 1.29 is 9.53 Å². The molecule has 1 aromatic carbocycles. The SMILES string of the molecule is CCOC(=O)C1(NCc2ccccc2)CCC(C)(C)CC1. The van der Waals surface area contributed by atoms with E-state index in [0.29, 0.717) is 18.6 Å². The molecule has 0 amide bonds. The third-order valence-corrected chi connectivity index (χ3v) is 4.60. The first-order valence-electron chi connectivity index (χ1n) is 7.94. The fraction of sp³-hybridized carbons (Fsp3) is 0.611.